The van der Waals surface area contributed by atoms with Gasteiger partial charge in [0, 0.05) is 11.8 Å². The number of hydrogen-bond donors (Lipinski definition) is 2. The number of carbonyl (C=O) groups is 1. The van der Waals surface area contributed by atoms with Crippen molar-refractivity contribution >= 4 is 18.7 Å². The molecule has 1 fully saturated rings. The Balaban J connectivity index is 2.79. The first kappa shape index (κ1) is 14.6. The standard InChI is InChI=1S/C12H23NO3S/c1-11(2,3)16-10(15)13-7-5-6-12(13,4)9(17)8-14/h9,14,17H,5-8H2,1-4H3/t9-,12+/m1/s1. The number of carbonyl (C=O) groups excluding carboxylic acids is 1. The molecule has 100 valence electrons. The van der Waals surface area contributed by atoms with Crippen molar-refractivity contribution in [2.24, 2.45) is 0 Å². The van der Waals surface area contributed by atoms with Crippen LogP contribution in [0.3, 0.4) is 0 Å². The largest absolute Gasteiger partial charge is 0.444 e. The molecule has 0 aliphatic carbocycles. The van der Waals surface area contributed by atoms with E-state index in [1.54, 1.807) is 4.90 Å². The second-order valence-corrected chi connectivity index (χ2v) is 6.41. The average Bonchev–Trinajstić information content (AvgIpc) is 2.58. The lowest BCUT2D eigenvalue weighted by atomic mass is 9.94. The van der Waals surface area contributed by atoms with Gasteiger partial charge in [0.1, 0.15) is 5.60 Å². The van der Waals surface area contributed by atoms with Gasteiger partial charge in [0.05, 0.1) is 12.1 Å². The van der Waals surface area contributed by atoms with Crippen LogP contribution in [-0.2, 0) is 4.74 Å². The molecule has 17 heavy (non-hydrogen) atoms. The smallest absolute Gasteiger partial charge is 0.410 e. The zero-order valence-corrected chi connectivity index (χ0v) is 12.0. The van der Waals surface area contributed by atoms with Crippen LogP contribution >= 0.6 is 12.6 Å². The Hall–Kier alpha value is -0.420. The van der Waals surface area contributed by atoms with Crippen LogP contribution in [0, 0.1) is 0 Å². The van der Waals surface area contributed by atoms with Crippen LogP contribution in [0.5, 0.6) is 0 Å². The first-order chi connectivity index (χ1) is 7.70. The minimum atomic E-state index is -0.494. The summed E-state index contributed by atoms with van der Waals surface area (Å²) in [5.41, 5.74) is -0.911. The molecule has 1 N–H and O–H groups in total. The van der Waals surface area contributed by atoms with Crippen LogP contribution in [-0.4, -0.2) is 45.6 Å². The van der Waals surface area contributed by atoms with Crippen LogP contribution in [0.25, 0.3) is 0 Å². The third-order valence-corrected chi connectivity index (χ3v) is 3.91. The van der Waals surface area contributed by atoms with Gasteiger partial charge in [0.2, 0.25) is 0 Å². The van der Waals surface area contributed by atoms with Crippen molar-refractivity contribution in [2.75, 3.05) is 13.2 Å². The third kappa shape index (κ3) is 3.28. The summed E-state index contributed by atoms with van der Waals surface area (Å²) in [7, 11) is 0. The lowest BCUT2D eigenvalue weighted by Crippen LogP contribution is -2.53. The van der Waals surface area contributed by atoms with Crippen LogP contribution in [0.15, 0.2) is 0 Å². The summed E-state index contributed by atoms with van der Waals surface area (Å²) in [6, 6.07) is 0. The Kier molecular flexibility index (Phi) is 4.36. The fourth-order valence-corrected chi connectivity index (χ4v) is 2.41. The summed E-state index contributed by atoms with van der Waals surface area (Å²) in [6.45, 7) is 8.13. The Morgan fingerprint density at radius 2 is 2.18 bits per heavy atom. The van der Waals surface area contributed by atoms with Gasteiger partial charge in [-0.05, 0) is 40.5 Å². The van der Waals surface area contributed by atoms with Gasteiger partial charge < -0.3 is 14.7 Å². The van der Waals surface area contributed by atoms with E-state index in [-0.39, 0.29) is 18.0 Å². The quantitative estimate of drug-likeness (QED) is 0.748. The normalized spacial score (nSPS) is 27.1. The summed E-state index contributed by atoms with van der Waals surface area (Å²) < 4.78 is 5.38. The van der Waals surface area contributed by atoms with Crippen molar-refractivity contribution in [3.63, 3.8) is 0 Å². The maximum atomic E-state index is 12.1. The molecule has 1 aliphatic heterocycles. The van der Waals surface area contributed by atoms with Gasteiger partial charge in [-0.1, -0.05) is 0 Å². The monoisotopic (exact) mass is 261 g/mol. The van der Waals surface area contributed by atoms with Crippen molar-refractivity contribution < 1.29 is 14.6 Å². The molecule has 1 heterocycles. The molecule has 2 atom stereocenters. The minimum Gasteiger partial charge on any atom is -0.444 e. The molecule has 0 aromatic rings. The zero-order valence-electron chi connectivity index (χ0n) is 11.1. The van der Waals surface area contributed by atoms with E-state index in [1.165, 1.54) is 0 Å². The SMILES string of the molecule is CC(C)(C)OC(=O)N1CCC[C@@]1(C)[C@H](S)CO. The van der Waals surface area contributed by atoms with Crippen molar-refractivity contribution in [2.45, 2.75) is 56.9 Å². The molecular formula is C12H23NO3S. The van der Waals surface area contributed by atoms with Crippen molar-refractivity contribution in [1.82, 2.24) is 4.90 Å². The molecule has 4 nitrogen and oxygen atoms in total. The van der Waals surface area contributed by atoms with E-state index in [0.29, 0.717) is 6.54 Å². The Morgan fingerprint density at radius 3 is 2.65 bits per heavy atom. The molecule has 1 rings (SSSR count). The number of aliphatic hydroxyl groups excluding tert-OH is 1. The Morgan fingerprint density at radius 1 is 1.59 bits per heavy atom. The summed E-state index contributed by atoms with van der Waals surface area (Å²) in [6.07, 6.45) is 1.46. The van der Waals surface area contributed by atoms with E-state index in [0.717, 1.165) is 12.8 Å². The average molecular weight is 261 g/mol. The molecule has 0 saturated carbocycles. The van der Waals surface area contributed by atoms with Crippen LogP contribution in [0.1, 0.15) is 40.5 Å². The second kappa shape index (κ2) is 5.06. The minimum absolute atomic E-state index is 0.0427. The number of hydrogen-bond acceptors (Lipinski definition) is 4. The molecule has 0 aromatic carbocycles. The van der Waals surface area contributed by atoms with Crippen molar-refractivity contribution in [1.29, 1.82) is 0 Å². The van der Waals surface area contributed by atoms with Crippen molar-refractivity contribution in [3.05, 3.63) is 0 Å². The highest BCUT2D eigenvalue weighted by molar-refractivity contribution is 7.81. The first-order valence-electron chi connectivity index (χ1n) is 6.00. The molecule has 5 heteroatoms. The van der Waals surface area contributed by atoms with Gasteiger partial charge in [-0.2, -0.15) is 12.6 Å². The number of nitrogens with zero attached hydrogens (tertiary/aromatic N) is 1. The topological polar surface area (TPSA) is 49.8 Å². The number of thiol groups is 1. The molecular weight excluding hydrogens is 238 g/mol. The highest BCUT2D eigenvalue weighted by Crippen LogP contribution is 2.35. The molecule has 0 bridgehead atoms. The first-order valence-corrected chi connectivity index (χ1v) is 6.52. The fraction of sp³-hybridized carbons (Fsp3) is 0.917. The van der Waals surface area contributed by atoms with Gasteiger partial charge in [-0.3, -0.25) is 0 Å². The third-order valence-electron chi connectivity index (χ3n) is 3.19. The molecule has 1 saturated heterocycles. The number of aliphatic hydroxyl groups is 1. The van der Waals surface area contributed by atoms with Crippen LogP contribution in [0.4, 0.5) is 4.79 Å². The molecule has 1 amide bonds. The Bertz CT molecular complexity index is 290. The zero-order chi connectivity index (χ0) is 13.3. The summed E-state index contributed by atoms with van der Waals surface area (Å²) in [4.78, 5) is 13.8. The van der Waals surface area contributed by atoms with E-state index < -0.39 is 11.1 Å². The molecule has 0 spiro atoms. The van der Waals surface area contributed by atoms with Crippen molar-refractivity contribution in [3.8, 4) is 0 Å². The number of rotatable bonds is 2. The van der Waals surface area contributed by atoms with Gasteiger partial charge >= 0.3 is 6.09 Å². The van der Waals surface area contributed by atoms with E-state index >= 15 is 0 Å². The van der Waals surface area contributed by atoms with E-state index in [9.17, 15) is 9.90 Å². The molecule has 0 unspecified atom stereocenters. The Labute approximate surface area is 109 Å². The fourth-order valence-electron chi connectivity index (χ4n) is 2.15. The van der Waals surface area contributed by atoms with Gasteiger partial charge in [-0.15, -0.1) is 0 Å². The molecule has 0 radical (unpaired) electrons. The predicted molar refractivity (Wildman–Crippen MR) is 70.4 cm³/mol. The van der Waals surface area contributed by atoms with E-state index in [1.807, 2.05) is 27.7 Å². The van der Waals surface area contributed by atoms with Crippen LogP contribution < -0.4 is 0 Å². The van der Waals surface area contributed by atoms with E-state index in [2.05, 4.69) is 12.6 Å². The molecule has 1 aliphatic rings. The summed E-state index contributed by atoms with van der Waals surface area (Å²) >= 11 is 4.38. The highest BCUT2D eigenvalue weighted by Gasteiger charge is 2.45. The number of amides is 1. The highest BCUT2D eigenvalue weighted by atomic mass is 32.1. The van der Waals surface area contributed by atoms with Crippen LogP contribution in [0.2, 0.25) is 0 Å². The second-order valence-electron chi connectivity index (χ2n) is 5.79. The maximum absolute atomic E-state index is 12.1. The lowest BCUT2D eigenvalue weighted by molar-refractivity contribution is 0.00833. The lowest BCUT2D eigenvalue weighted by Gasteiger charge is -2.39. The number of likely N-dealkylation sites (tertiary alicyclic amines) is 1. The maximum Gasteiger partial charge on any atom is 0.410 e. The number of ether oxygens (including phenoxy) is 1. The molecule has 0 aromatic heterocycles. The predicted octanol–water partition coefficient (Wildman–Crippen LogP) is 2.07. The van der Waals surface area contributed by atoms with E-state index in [4.69, 9.17) is 4.74 Å². The van der Waals surface area contributed by atoms with Gasteiger partial charge in [-0.25, -0.2) is 4.79 Å². The summed E-state index contributed by atoms with van der Waals surface area (Å²) in [5.74, 6) is 0. The van der Waals surface area contributed by atoms with Gasteiger partial charge in [0.15, 0.2) is 0 Å². The van der Waals surface area contributed by atoms with Gasteiger partial charge in [0.25, 0.3) is 0 Å². The summed E-state index contributed by atoms with van der Waals surface area (Å²) in [5, 5.41) is 9.00.